The highest BCUT2D eigenvalue weighted by Gasteiger charge is 2.26. The molecule has 0 saturated carbocycles. The van der Waals surface area contributed by atoms with Crippen molar-refractivity contribution in [2.75, 3.05) is 31.8 Å². The van der Waals surface area contributed by atoms with E-state index < -0.39 is 0 Å². The molecule has 1 aliphatic heterocycles. The van der Waals surface area contributed by atoms with Crippen LogP contribution in [-0.2, 0) is 11.2 Å². The molecule has 1 amide bonds. The van der Waals surface area contributed by atoms with Crippen molar-refractivity contribution < 1.29 is 19.0 Å². The maximum Gasteiger partial charge on any atom is 0.268 e. The van der Waals surface area contributed by atoms with E-state index in [9.17, 15) is 10.1 Å². The monoisotopic (exact) mass is 468 g/mol. The highest BCUT2D eigenvalue weighted by molar-refractivity contribution is 6.12. The Bertz CT molecular complexity index is 1310. The lowest BCUT2D eigenvalue weighted by Gasteiger charge is -2.17. The Kier molecular flexibility index (Phi) is 7.37. The number of nitrogens with zero attached hydrogens (tertiary/aromatic N) is 2. The predicted octanol–water partition coefficient (Wildman–Crippen LogP) is 5.27. The first kappa shape index (κ1) is 23.9. The highest BCUT2D eigenvalue weighted by Crippen LogP contribution is 2.31. The fraction of sp³-hybridized carbons (Fsp3) is 0.241. The Labute approximate surface area is 206 Å². The van der Waals surface area contributed by atoms with Crippen molar-refractivity contribution in [3.63, 3.8) is 0 Å². The van der Waals surface area contributed by atoms with Gasteiger partial charge in [0.1, 0.15) is 30.6 Å². The fourth-order valence-corrected chi connectivity index (χ4v) is 4.16. The highest BCUT2D eigenvalue weighted by atomic mass is 16.5. The largest absolute Gasteiger partial charge is 0.493 e. The van der Waals surface area contributed by atoms with Crippen LogP contribution in [0.2, 0.25) is 0 Å². The van der Waals surface area contributed by atoms with Gasteiger partial charge >= 0.3 is 0 Å². The summed E-state index contributed by atoms with van der Waals surface area (Å²) in [5.74, 6) is 1.61. The van der Waals surface area contributed by atoms with Gasteiger partial charge in [-0.25, -0.2) is 0 Å². The van der Waals surface area contributed by atoms with E-state index in [1.807, 2.05) is 50.2 Å². The van der Waals surface area contributed by atoms with E-state index in [2.05, 4.69) is 12.1 Å². The number of anilines is 1. The van der Waals surface area contributed by atoms with Gasteiger partial charge in [0.05, 0.1) is 7.11 Å². The van der Waals surface area contributed by atoms with Crippen LogP contribution >= 0.6 is 0 Å². The number of amides is 1. The molecule has 0 aromatic heterocycles. The van der Waals surface area contributed by atoms with E-state index in [4.69, 9.17) is 14.2 Å². The molecule has 6 nitrogen and oxygen atoms in total. The first-order valence-electron chi connectivity index (χ1n) is 11.5. The molecule has 1 heterocycles. The van der Waals surface area contributed by atoms with Crippen molar-refractivity contribution in [1.29, 1.82) is 5.26 Å². The molecule has 0 radical (unpaired) electrons. The number of carbonyl (C=O) groups excluding carboxylic acids is 1. The van der Waals surface area contributed by atoms with Crippen molar-refractivity contribution in [2.24, 2.45) is 0 Å². The molecule has 35 heavy (non-hydrogen) atoms. The molecule has 0 aliphatic carbocycles. The number of methoxy groups -OCH3 is 1. The molecule has 0 N–H and O–H groups in total. The van der Waals surface area contributed by atoms with Crippen LogP contribution in [0.15, 0.2) is 66.2 Å². The van der Waals surface area contributed by atoms with E-state index in [0.29, 0.717) is 36.8 Å². The molecule has 0 unspecified atom stereocenters. The minimum atomic E-state index is -0.305. The van der Waals surface area contributed by atoms with Crippen molar-refractivity contribution in [2.45, 2.75) is 20.3 Å². The first-order chi connectivity index (χ1) is 17.0. The number of rotatable bonds is 8. The molecular formula is C29H28N2O4. The summed E-state index contributed by atoms with van der Waals surface area (Å²) in [5.41, 5.74) is 5.00. The van der Waals surface area contributed by atoms with Crippen LogP contribution in [0.4, 0.5) is 5.69 Å². The summed E-state index contributed by atoms with van der Waals surface area (Å²) in [6.45, 7) is 5.36. The number of hydrogen-bond donors (Lipinski definition) is 0. The topological polar surface area (TPSA) is 71.8 Å². The van der Waals surface area contributed by atoms with Gasteiger partial charge in [-0.2, -0.15) is 5.26 Å². The second kappa shape index (κ2) is 10.8. The van der Waals surface area contributed by atoms with E-state index in [1.54, 1.807) is 36.3 Å². The smallest absolute Gasteiger partial charge is 0.268 e. The summed E-state index contributed by atoms with van der Waals surface area (Å²) >= 11 is 0. The average molecular weight is 469 g/mol. The molecule has 0 atom stereocenters. The SMILES string of the molecule is COc1cc(/C=C(\C#N)C(=O)N2CCc3ccccc32)ccc1OCCOc1ccc(C)cc1C. The molecule has 178 valence electrons. The Morgan fingerprint density at radius 2 is 1.74 bits per heavy atom. The lowest BCUT2D eigenvalue weighted by atomic mass is 10.1. The number of ether oxygens (including phenoxy) is 3. The summed E-state index contributed by atoms with van der Waals surface area (Å²) in [6, 6.07) is 21.2. The van der Waals surface area contributed by atoms with Gasteiger partial charge in [-0.05, 0) is 67.3 Å². The minimum Gasteiger partial charge on any atom is -0.493 e. The van der Waals surface area contributed by atoms with E-state index in [1.165, 1.54) is 5.56 Å². The second-order valence-electron chi connectivity index (χ2n) is 8.38. The Balaban J connectivity index is 1.42. The Hall–Kier alpha value is -4.24. The number of aryl methyl sites for hydroxylation is 2. The van der Waals surface area contributed by atoms with Gasteiger partial charge < -0.3 is 19.1 Å². The third kappa shape index (κ3) is 5.47. The van der Waals surface area contributed by atoms with Gasteiger partial charge in [0, 0.05) is 12.2 Å². The number of benzene rings is 3. The van der Waals surface area contributed by atoms with E-state index in [-0.39, 0.29) is 11.5 Å². The molecule has 3 aromatic carbocycles. The second-order valence-corrected chi connectivity index (χ2v) is 8.38. The van der Waals surface area contributed by atoms with Gasteiger partial charge in [0.15, 0.2) is 11.5 Å². The number of nitriles is 1. The van der Waals surface area contributed by atoms with Crippen LogP contribution in [0.3, 0.4) is 0 Å². The molecule has 0 bridgehead atoms. The van der Waals surface area contributed by atoms with Crippen molar-refractivity contribution in [1.82, 2.24) is 0 Å². The number of hydrogen-bond acceptors (Lipinski definition) is 5. The van der Waals surface area contributed by atoms with E-state index >= 15 is 0 Å². The fourth-order valence-electron chi connectivity index (χ4n) is 4.16. The summed E-state index contributed by atoms with van der Waals surface area (Å²) in [6.07, 6.45) is 2.37. The first-order valence-corrected chi connectivity index (χ1v) is 11.5. The third-order valence-electron chi connectivity index (χ3n) is 5.91. The van der Waals surface area contributed by atoms with Crippen LogP contribution in [-0.4, -0.2) is 32.8 Å². The normalized spacial score (nSPS) is 12.6. The van der Waals surface area contributed by atoms with Crippen LogP contribution in [0.5, 0.6) is 17.2 Å². The number of fused-ring (bicyclic) bond motifs is 1. The van der Waals surface area contributed by atoms with Gasteiger partial charge in [0.2, 0.25) is 0 Å². The maximum atomic E-state index is 13.1. The molecule has 4 rings (SSSR count). The maximum absolute atomic E-state index is 13.1. The van der Waals surface area contributed by atoms with Gasteiger partial charge in [-0.15, -0.1) is 0 Å². The Morgan fingerprint density at radius 3 is 2.49 bits per heavy atom. The van der Waals surface area contributed by atoms with E-state index in [0.717, 1.165) is 29.0 Å². The van der Waals surface area contributed by atoms with Crippen LogP contribution in [0, 0.1) is 25.2 Å². The zero-order chi connectivity index (χ0) is 24.8. The zero-order valence-electron chi connectivity index (χ0n) is 20.2. The quantitative estimate of drug-likeness (QED) is 0.256. The predicted molar refractivity (Wildman–Crippen MR) is 136 cm³/mol. The lowest BCUT2D eigenvalue weighted by Crippen LogP contribution is -2.29. The third-order valence-corrected chi connectivity index (χ3v) is 5.91. The van der Waals surface area contributed by atoms with Gasteiger partial charge in [0.25, 0.3) is 5.91 Å². The molecule has 0 fully saturated rings. The van der Waals surface area contributed by atoms with Crippen molar-refractivity contribution in [3.05, 3.63) is 88.5 Å². The molecular weight excluding hydrogens is 440 g/mol. The standard InChI is InChI=1S/C29H28N2O4/c1-20-8-10-26(21(2)16-20)34-14-15-35-27-11-9-22(18-28(27)33-3)17-24(19-30)29(32)31-13-12-23-6-4-5-7-25(23)31/h4-11,16-18H,12-15H2,1-3H3/b24-17+. The molecule has 0 saturated heterocycles. The zero-order valence-corrected chi connectivity index (χ0v) is 20.2. The molecule has 1 aliphatic rings. The molecule has 3 aromatic rings. The summed E-state index contributed by atoms with van der Waals surface area (Å²) in [4.78, 5) is 14.7. The summed E-state index contributed by atoms with van der Waals surface area (Å²) in [5, 5.41) is 9.68. The summed E-state index contributed by atoms with van der Waals surface area (Å²) in [7, 11) is 1.55. The van der Waals surface area contributed by atoms with Crippen molar-refractivity contribution in [3.8, 4) is 23.3 Å². The lowest BCUT2D eigenvalue weighted by molar-refractivity contribution is -0.114. The van der Waals surface area contributed by atoms with Crippen molar-refractivity contribution >= 4 is 17.7 Å². The summed E-state index contributed by atoms with van der Waals surface area (Å²) < 4.78 is 17.2. The van der Waals surface area contributed by atoms with Gasteiger partial charge in [-0.1, -0.05) is 42.0 Å². The minimum absolute atomic E-state index is 0.0688. The van der Waals surface area contributed by atoms with Crippen LogP contribution in [0.1, 0.15) is 22.3 Å². The molecule has 6 heteroatoms. The van der Waals surface area contributed by atoms with Crippen LogP contribution < -0.4 is 19.1 Å². The molecule has 0 spiro atoms. The number of para-hydroxylation sites is 1. The number of carbonyl (C=O) groups is 1. The average Bonchev–Trinajstić information content (AvgIpc) is 3.30. The van der Waals surface area contributed by atoms with Gasteiger partial charge in [-0.3, -0.25) is 4.79 Å². The van der Waals surface area contributed by atoms with Crippen LogP contribution in [0.25, 0.3) is 6.08 Å². The Morgan fingerprint density at radius 1 is 1.00 bits per heavy atom.